The van der Waals surface area contributed by atoms with E-state index in [0.717, 1.165) is 39.0 Å². The molecule has 0 saturated heterocycles. The van der Waals surface area contributed by atoms with Crippen LogP contribution in [0.15, 0.2) is 109 Å². The van der Waals surface area contributed by atoms with Crippen LogP contribution < -0.4 is 14.5 Å². The average Bonchev–Trinajstić information content (AvgIpc) is 3.65. The van der Waals surface area contributed by atoms with Gasteiger partial charge in [0.1, 0.15) is 5.82 Å². The van der Waals surface area contributed by atoms with Crippen LogP contribution in [-0.4, -0.2) is 17.6 Å². The van der Waals surface area contributed by atoms with Gasteiger partial charge >= 0.3 is 0 Å². The number of hydrogen-bond acceptors (Lipinski definition) is 4. The molecule has 246 valence electrons. The first-order valence-electron chi connectivity index (χ1n) is 16.3. The fraction of sp³-hybridized carbons (Fsp3) is 0.220. The molecule has 4 aromatic carbocycles. The number of fused-ring (bicyclic) bond motifs is 6. The van der Waals surface area contributed by atoms with Crippen molar-refractivity contribution in [2.45, 2.75) is 58.2 Å². The van der Waals surface area contributed by atoms with Crippen molar-refractivity contribution in [3.05, 3.63) is 139 Å². The summed E-state index contributed by atoms with van der Waals surface area (Å²) >= 11 is 0. The minimum atomic E-state index is -1.93. The summed E-state index contributed by atoms with van der Waals surface area (Å²) in [7, 11) is -1.93. The molecule has 8 rings (SSSR count). The maximum absolute atomic E-state index is 6.59. The van der Waals surface area contributed by atoms with Crippen molar-refractivity contribution >= 4 is 41.3 Å². The Bertz CT molecular complexity index is 2210. The van der Waals surface area contributed by atoms with Gasteiger partial charge in [0.15, 0.2) is 0 Å². The third-order valence-corrected chi connectivity index (χ3v) is 15.5. The normalized spacial score (nSPS) is 16.4. The van der Waals surface area contributed by atoms with Crippen LogP contribution >= 0.6 is 0 Å². The van der Waals surface area contributed by atoms with E-state index in [9.17, 15) is 0 Å². The molecule has 0 aliphatic carbocycles. The van der Waals surface area contributed by atoms with Gasteiger partial charge in [-0.25, -0.2) is 4.98 Å². The molecule has 0 spiro atoms. The van der Waals surface area contributed by atoms with Crippen molar-refractivity contribution in [3.8, 4) is 17.3 Å². The van der Waals surface area contributed by atoms with Gasteiger partial charge in [0, 0.05) is 50.0 Å². The Balaban J connectivity index is 0.00000364. The number of benzene rings is 4. The Morgan fingerprint density at radius 3 is 2.31 bits per heavy atom. The molecule has 4 heterocycles. The number of anilines is 2. The first-order valence-corrected chi connectivity index (χ1v) is 19.3. The number of aromatic nitrogens is 2. The number of rotatable bonds is 4. The Morgan fingerprint density at radius 2 is 1.54 bits per heavy atom. The van der Waals surface area contributed by atoms with E-state index < -0.39 is 8.07 Å². The fourth-order valence-corrected chi connectivity index (χ4v) is 9.72. The van der Waals surface area contributed by atoms with Crippen LogP contribution in [0, 0.1) is 18.8 Å². The van der Waals surface area contributed by atoms with Crippen molar-refractivity contribution < 1.29 is 25.8 Å². The molecule has 5 nitrogen and oxygen atoms in total. The van der Waals surface area contributed by atoms with Gasteiger partial charge < -0.3 is 19.1 Å². The van der Waals surface area contributed by atoms with Gasteiger partial charge in [-0.3, -0.25) is 0 Å². The summed E-state index contributed by atoms with van der Waals surface area (Å²) in [5.74, 6) is 2.18. The Kier molecular flexibility index (Phi) is 7.76. The molecule has 0 fully saturated rings. The van der Waals surface area contributed by atoms with Gasteiger partial charge in [-0.05, 0) is 58.2 Å². The first-order chi connectivity index (χ1) is 22.4. The topological polar surface area (TPSA) is 33.5 Å². The van der Waals surface area contributed by atoms with E-state index in [4.69, 9.17) is 9.72 Å². The molecule has 2 aliphatic rings. The van der Waals surface area contributed by atoms with Crippen LogP contribution in [0.5, 0.6) is 11.5 Å². The molecule has 0 atom stereocenters. The second-order valence-corrected chi connectivity index (χ2v) is 19.8. The predicted octanol–water partition coefficient (Wildman–Crippen LogP) is 10.2. The molecule has 2 aromatic heterocycles. The zero-order valence-electron chi connectivity index (χ0n) is 28.4. The monoisotopic (exact) mass is 826 g/mol. The summed E-state index contributed by atoms with van der Waals surface area (Å²) < 4.78 is 8.79. The predicted molar refractivity (Wildman–Crippen MR) is 196 cm³/mol. The molecule has 0 unspecified atom stereocenters. The van der Waals surface area contributed by atoms with E-state index in [-0.39, 0.29) is 31.5 Å². The minimum absolute atomic E-state index is 0. The number of hydrogen-bond donors (Lipinski definition) is 0. The molecule has 0 radical (unpaired) electrons. The van der Waals surface area contributed by atoms with Crippen LogP contribution in [0.1, 0.15) is 45.7 Å². The fourth-order valence-electron chi connectivity index (χ4n) is 6.97. The van der Waals surface area contributed by atoms with Crippen molar-refractivity contribution in [1.82, 2.24) is 9.55 Å². The zero-order valence-corrected chi connectivity index (χ0v) is 31.7. The van der Waals surface area contributed by atoms with Crippen molar-refractivity contribution in [2.75, 3.05) is 9.80 Å². The summed E-state index contributed by atoms with van der Waals surface area (Å²) in [4.78, 5) is 9.40. The molecular weight excluding hydrogens is 788 g/mol. The van der Waals surface area contributed by atoms with Gasteiger partial charge in [0.25, 0.3) is 0 Å². The molecule has 0 amide bonds. The molecule has 7 heteroatoms. The number of pyridine rings is 1. The summed E-state index contributed by atoms with van der Waals surface area (Å²) in [6.45, 7) is 18.6. The summed E-state index contributed by atoms with van der Waals surface area (Å²) in [5.41, 5.74) is 6.75. The summed E-state index contributed by atoms with van der Waals surface area (Å²) in [5, 5.41) is 3.65. The molecule has 0 N–H and O–H groups in total. The Labute approximate surface area is 299 Å². The standard InChI is InChI=1S/C41H39N4OSi.Pt/c1-40(2,3)28-21-22-42-38(23-28)45-35-16-12-11-15-32(35)33-19-17-30(24-36(33)45)46-31-18-20-34-37(25-31)44-27-43(29-13-9-8-10-14-29)26-39(44)47(6,7)41(34,4)5;/h8-23,26-27H,1-7H3;/q-3;. The van der Waals surface area contributed by atoms with Crippen LogP contribution in [0.3, 0.4) is 0 Å². The van der Waals surface area contributed by atoms with E-state index in [0.29, 0.717) is 11.5 Å². The van der Waals surface area contributed by atoms with E-state index in [1.54, 1.807) is 0 Å². The van der Waals surface area contributed by atoms with Crippen LogP contribution in [-0.2, 0) is 31.5 Å². The first kappa shape index (κ1) is 32.4. The summed E-state index contributed by atoms with van der Waals surface area (Å²) in [6.07, 6.45) is 4.22. The molecule has 0 saturated carbocycles. The van der Waals surface area contributed by atoms with Crippen LogP contribution in [0.2, 0.25) is 13.1 Å². The Hall–Kier alpha value is -4.12. The van der Waals surface area contributed by atoms with E-state index in [1.807, 2.05) is 12.3 Å². The third kappa shape index (κ3) is 5.04. The van der Waals surface area contributed by atoms with Crippen molar-refractivity contribution in [3.63, 3.8) is 0 Å². The largest absolute Gasteiger partial charge is 0.509 e. The third-order valence-electron chi connectivity index (χ3n) is 10.4. The Morgan fingerprint density at radius 1 is 0.833 bits per heavy atom. The second-order valence-electron chi connectivity index (χ2n) is 14.8. The van der Waals surface area contributed by atoms with Gasteiger partial charge in [-0.1, -0.05) is 100 Å². The van der Waals surface area contributed by atoms with Crippen molar-refractivity contribution in [2.24, 2.45) is 0 Å². The smallest absolute Gasteiger partial charge is 0.135 e. The minimum Gasteiger partial charge on any atom is -0.509 e. The average molecular weight is 827 g/mol. The molecule has 48 heavy (non-hydrogen) atoms. The summed E-state index contributed by atoms with van der Waals surface area (Å²) in [6, 6.07) is 39.0. The SMILES string of the molecule is CC(C)(C)c1ccnc(-n2c3[c-]c(Oc4[c-]c5c(cc4)C(C)(C)[Si](C)(C)C4=CN(c6ccccc6)[CH-]N45)ccc3c3ccccc32)c1.[Pt]. The number of para-hydroxylation sites is 2. The molecule has 2 aliphatic heterocycles. The molecule has 6 aromatic rings. The molecular formula is C41H39N4OPtSi-3. The number of ether oxygens (including phenoxy) is 1. The van der Waals surface area contributed by atoms with E-state index in [1.165, 1.54) is 16.4 Å². The second kappa shape index (κ2) is 11.5. The van der Waals surface area contributed by atoms with E-state index >= 15 is 0 Å². The van der Waals surface area contributed by atoms with Crippen molar-refractivity contribution in [1.29, 1.82) is 0 Å². The molecule has 0 bridgehead atoms. The van der Waals surface area contributed by atoms with Crippen LogP contribution in [0.25, 0.3) is 27.6 Å². The number of nitrogens with zero attached hydrogens (tertiary/aromatic N) is 4. The maximum atomic E-state index is 6.59. The van der Waals surface area contributed by atoms with Gasteiger partial charge in [0.05, 0.1) is 8.07 Å². The van der Waals surface area contributed by atoms with Gasteiger partial charge in [-0.2, -0.15) is 12.1 Å². The van der Waals surface area contributed by atoms with Gasteiger partial charge in [-0.15, -0.1) is 41.9 Å². The van der Waals surface area contributed by atoms with Crippen LogP contribution in [0.4, 0.5) is 11.4 Å². The van der Waals surface area contributed by atoms with E-state index in [2.05, 4.69) is 172 Å². The zero-order chi connectivity index (χ0) is 32.7. The quantitative estimate of drug-likeness (QED) is 0.131. The maximum Gasteiger partial charge on any atom is 0.135 e. The van der Waals surface area contributed by atoms with Gasteiger partial charge in [0.2, 0.25) is 0 Å².